The summed E-state index contributed by atoms with van der Waals surface area (Å²) in [5.74, 6) is -1.03. The molecule has 3 aromatic rings. The van der Waals surface area contributed by atoms with E-state index in [1.807, 2.05) is 43.3 Å². The van der Waals surface area contributed by atoms with Crippen LogP contribution in [-0.4, -0.2) is 30.5 Å². The zero-order valence-electron chi connectivity index (χ0n) is 18.8. The summed E-state index contributed by atoms with van der Waals surface area (Å²) in [5, 5.41) is 15.9. The molecule has 0 aliphatic carbocycles. The lowest BCUT2D eigenvalue weighted by atomic mass is 9.93. The van der Waals surface area contributed by atoms with Gasteiger partial charge in [-0.3, -0.25) is 9.59 Å². The molecule has 10 heteroatoms. The van der Waals surface area contributed by atoms with Gasteiger partial charge in [-0.1, -0.05) is 17.7 Å². The third-order valence-corrected chi connectivity index (χ3v) is 7.60. The van der Waals surface area contributed by atoms with Crippen LogP contribution in [0.5, 0.6) is 11.5 Å². The molecular weight excluding hydrogens is 712 g/mol. The highest BCUT2D eigenvalue weighted by Crippen LogP contribution is 2.36. The number of hydrogen-bond acceptors (Lipinski definition) is 5. The van der Waals surface area contributed by atoms with Crippen molar-refractivity contribution in [2.75, 3.05) is 24.3 Å². The Balaban J connectivity index is 1.85. The van der Waals surface area contributed by atoms with Crippen molar-refractivity contribution < 1.29 is 19.4 Å². The monoisotopic (exact) mass is 730 g/mol. The van der Waals surface area contributed by atoms with E-state index in [0.717, 1.165) is 16.8 Å². The van der Waals surface area contributed by atoms with Crippen molar-refractivity contribution in [1.82, 2.24) is 0 Å². The van der Waals surface area contributed by atoms with E-state index in [-0.39, 0.29) is 24.5 Å². The Labute approximate surface area is 237 Å². The number of phenols is 1. The first-order chi connectivity index (χ1) is 16.6. The number of methoxy groups -OCH3 is 1. The van der Waals surface area contributed by atoms with Crippen LogP contribution in [0, 0.1) is 12.8 Å². The van der Waals surface area contributed by atoms with Crippen LogP contribution in [0.1, 0.15) is 11.1 Å². The molecule has 3 N–H and O–H groups in total. The molecular formula is C25H22Br4N2O4. The number of carbonyl (C=O) groups is 2. The molecule has 6 nitrogen and oxygen atoms in total. The normalized spacial score (nSPS) is 11.6. The van der Waals surface area contributed by atoms with Crippen molar-refractivity contribution in [2.45, 2.75) is 13.3 Å². The number of amides is 1. The zero-order valence-corrected chi connectivity index (χ0v) is 25.1. The molecule has 0 saturated carbocycles. The SMILES string of the molecule is COc1c(Br)cc(CC(C(=O)CNc2ccc(C)cc2)C(=O)Nc2cc(Br)c(O)c(Br)c2)cc1Br. The van der Waals surface area contributed by atoms with Gasteiger partial charge in [0.25, 0.3) is 0 Å². The largest absolute Gasteiger partial charge is 0.506 e. The predicted molar refractivity (Wildman–Crippen MR) is 152 cm³/mol. The molecule has 3 rings (SSSR count). The number of hydrogen-bond donors (Lipinski definition) is 3. The summed E-state index contributed by atoms with van der Waals surface area (Å²) in [6, 6.07) is 14.5. The van der Waals surface area contributed by atoms with Crippen LogP contribution in [0.25, 0.3) is 0 Å². The lowest BCUT2D eigenvalue weighted by molar-refractivity contribution is -0.130. The molecule has 184 valence electrons. The lowest BCUT2D eigenvalue weighted by Crippen LogP contribution is -2.35. The summed E-state index contributed by atoms with van der Waals surface area (Å²) < 4.78 is 7.60. The van der Waals surface area contributed by atoms with E-state index in [9.17, 15) is 14.7 Å². The van der Waals surface area contributed by atoms with Crippen LogP contribution in [0.4, 0.5) is 11.4 Å². The first kappa shape index (κ1) is 27.7. The van der Waals surface area contributed by atoms with Crippen molar-refractivity contribution >= 4 is 86.8 Å². The second-order valence-corrected chi connectivity index (χ2v) is 11.2. The van der Waals surface area contributed by atoms with Gasteiger partial charge in [-0.2, -0.15) is 0 Å². The van der Waals surface area contributed by atoms with Gasteiger partial charge in [-0.15, -0.1) is 0 Å². The van der Waals surface area contributed by atoms with E-state index in [1.165, 1.54) is 0 Å². The molecule has 0 bridgehead atoms. The van der Waals surface area contributed by atoms with Gasteiger partial charge < -0.3 is 20.5 Å². The fraction of sp³-hybridized carbons (Fsp3) is 0.200. The van der Waals surface area contributed by atoms with Gasteiger partial charge in [-0.05, 0) is 119 Å². The molecule has 0 heterocycles. The number of aryl methyl sites for hydroxylation is 1. The minimum absolute atomic E-state index is 0.0113. The number of aromatic hydroxyl groups is 1. The van der Waals surface area contributed by atoms with Crippen LogP contribution >= 0.6 is 63.7 Å². The van der Waals surface area contributed by atoms with E-state index in [2.05, 4.69) is 74.4 Å². The van der Waals surface area contributed by atoms with Crippen LogP contribution in [-0.2, 0) is 16.0 Å². The Morgan fingerprint density at radius 1 is 0.914 bits per heavy atom. The summed E-state index contributed by atoms with van der Waals surface area (Å²) in [4.78, 5) is 26.6. The molecule has 3 aromatic carbocycles. The van der Waals surface area contributed by atoms with Gasteiger partial charge in [0, 0.05) is 11.4 Å². The number of halogens is 4. The number of Topliss-reactive ketones (excluding diaryl/α,β-unsaturated/α-hetero) is 1. The van der Waals surface area contributed by atoms with Crippen LogP contribution in [0.15, 0.2) is 66.4 Å². The summed E-state index contributed by atoms with van der Waals surface area (Å²) in [6.45, 7) is 1.98. The van der Waals surface area contributed by atoms with Gasteiger partial charge in [0.05, 0.1) is 31.5 Å². The fourth-order valence-electron chi connectivity index (χ4n) is 3.36. The standard InChI is InChI=1S/C25H22Br4N2O4/c1-13-3-5-15(6-4-13)30-12-22(32)17(7-14-8-20(28)24(35-2)21(29)9-14)25(34)31-16-10-18(26)23(33)19(27)11-16/h3-6,8-11,17,30,33H,7,12H2,1-2H3,(H,31,34). The molecule has 1 amide bonds. The highest BCUT2D eigenvalue weighted by atomic mass is 79.9. The third-order valence-electron chi connectivity index (χ3n) is 5.21. The average molecular weight is 734 g/mol. The second kappa shape index (κ2) is 12.4. The molecule has 0 aliphatic heterocycles. The zero-order chi connectivity index (χ0) is 25.7. The molecule has 0 aromatic heterocycles. The molecule has 1 unspecified atom stereocenters. The van der Waals surface area contributed by atoms with E-state index in [0.29, 0.717) is 29.3 Å². The third kappa shape index (κ3) is 7.31. The number of phenolic OH excluding ortho intramolecular Hbond substituents is 1. The van der Waals surface area contributed by atoms with Gasteiger partial charge in [0.15, 0.2) is 5.78 Å². The van der Waals surface area contributed by atoms with Crippen LogP contribution in [0.3, 0.4) is 0 Å². The van der Waals surface area contributed by atoms with E-state index >= 15 is 0 Å². The summed E-state index contributed by atoms with van der Waals surface area (Å²) >= 11 is 13.5. The Hall–Kier alpha value is -1.88. The van der Waals surface area contributed by atoms with Gasteiger partial charge >= 0.3 is 0 Å². The maximum Gasteiger partial charge on any atom is 0.235 e. The smallest absolute Gasteiger partial charge is 0.235 e. The van der Waals surface area contributed by atoms with E-state index in [4.69, 9.17) is 4.74 Å². The van der Waals surface area contributed by atoms with Crippen molar-refractivity contribution in [3.63, 3.8) is 0 Å². The molecule has 0 saturated heterocycles. The van der Waals surface area contributed by atoms with Crippen molar-refractivity contribution in [3.05, 3.63) is 77.5 Å². The molecule has 0 fully saturated rings. The molecule has 1 atom stereocenters. The Morgan fingerprint density at radius 2 is 1.49 bits per heavy atom. The minimum Gasteiger partial charge on any atom is -0.506 e. The first-order valence-corrected chi connectivity index (χ1v) is 13.6. The van der Waals surface area contributed by atoms with Crippen molar-refractivity contribution in [1.29, 1.82) is 0 Å². The van der Waals surface area contributed by atoms with Crippen LogP contribution in [0.2, 0.25) is 0 Å². The molecule has 0 aliphatic rings. The van der Waals surface area contributed by atoms with Crippen molar-refractivity contribution in [2.24, 2.45) is 5.92 Å². The maximum atomic E-state index is 13.3. The maximum absolute atomic E-state index is 13.3. The van der Waals surface area contributed by atoms with E-state index in [1.54, 1.807) is 19.2 Å². The lowest BCUT2D eigenvalue weighted by Gasteiger charge is -2.18. The number of carbonyl (C=O) groups excluding carboxylic acids is 2. The molecule has 0 radical (unpaired) electrons. The Kier molecular flexibility index (Phi) is 9.80. The number of rotatable bonds is 9. The second-order valence-electron chi connectivity index (χ2n) is 7.81. The van der Waals surface area contributed by atoms with Gasteiger partial charge in [0.2, 0.25) is 5.91 Å². The van der Waals surface area contributed by atoms with Crippen LogP contribution < -0.4 is 15.4 Å². The summed E-state index contributed by atoms with van der Waals surface area (Å²) in [7, 11) is 1.56. The summed E-state index contributed by atoms with van der Waals surface area (Å²) in [6.07, 6.45) is 0.182. The number of benzene rings is 3. The minimum atomic E-state index is -0.966. The topological polar surface area (TPSA) is 87.7 Å². The van der Waals surface area contributed by atoms with Crippen molar-refractivity contribution in [3.8, 4) is 11.5 Å². The average Bonchev–Trinajstić information content (AvgIpc) is 2.80. The quantitative estimate of drug-likeness (QED) is 0.160. The molecule has 0 spiro atoms. The first-order valence-electron chi connectivity index (χ1n) is 10.4. The molecule has 35 heavy (non-hydrogen) atoms. The number of ether oxygens (including phenoxy) is 1. The Morgan fingerprint density at radius 3 is 2.03 bits per heavy atom. The number of anilines is 2. The highest BCUT2D eigenvalue weighted by molar-refractivity contribution is 9.11. The van der Waals surface area contributed by atoms with Gasteiger partial charge in [0.1, 0.15) is 17.4 Å². The fourth-order valence-corrected chi connectivity index (χ4v) is 6.16. The number of nitrogens with one attached hydrogen (secondary N) is 2. The van der Waals surface area contributed by atoms with E-state index < -0.39 is 11.8 Å². The van der Waals surface area contributed by atoms with Gasteiger partial charge in [-0.25, -0.2) is 0 Å². The highest BCUT2D eigenvalue weighted by Gasteiger charge is 2.28. The predicted octanol–water partition coefficient (Wildman–Crippen LogP) is 7.24. The number of ketones is 1. The summed E-state index contributed by atoms with van der Waals surface area (Å²) in [5.41, 5.74) is 3.12. The Bertz CT molecular complexity index is 1200.